The van der Waals surface area contributed by atoms with Crippen LogP contribution in [0, 0.1) is 5.92 Å². The predicted molar refractivity (Wildman–Crippen MR) is 106 cm³/mol. The highest BCUT2D eigenvalue weighted by atomic mass is 35.5. The number of fused-ring (bicyclic) bond motifs is 1. The zero-order chi connectivity index (χ0) is 19.4. The summed E-state index contributed by atoms with van der Waals surface area (Å²) in [6.07, 6.45) is 0.708. The van der Waals surface area contributed by atoms with Gasteiger partial charge in [-0.25, -0.2) is 0 Å². The first-order valence-electron chi connectivity index (χ1n) is 9.07. The molecule has 27 heavy (non-hydrogen) atoms. The maximum absolute atomic E-state index is 13.2. The topological polar surface area (TPSA) is 58.6 Å². The van der Waals surface area contributed by atoms with Gasteiger partial charge < -0.3 is 15.0 Å². The number of anilines is 1. The highest BCUT2D eigenvalue weighted by molar-refractivity contribution is 6.30. The molecule has 1 aliphatic rings. The molecule has 2 atom stereocenters. The smallest absolute Gasteiger partial charge is 0.253 e. The summed E-state index contributed by atoms with van der Waals surface area (Å²) < 4.78 is 5.83. The number of carbonyl (C=O) groups is 2. The molecule has 3 rings (SSSR count). The third-order valence-electron chi connectivity index (χ3n) is 4.73. The first kappa shape index (κ1) is 19.2. The molecule has 6 heteroatoms. The molecule has 0 spiro atoms. The highest BCUT2D eigenvalue weighted by Crippen LogP contribution is 2.32. The van der Waals surface area contributed by atoms with E-state index in [1.165, 1.54) is 0 Å². The van der Waals surface area contributed by atoms with Crippen molar-refractivity contribution >= 4 is 29.1 Å². The first-order chi connectivity index (χ1) is 13.0. The van der Waals surface area contributed by atoms with Crippen LogP contribution in [0.15, 0.2) is 48.5 Å². The lowest BCUT2D eigenvalue weighted by atomic mass is 10.1. The molecule has 0 radical (unpaired) electrons. The van der Waals surface area contributed by atoms with Gasteiger partial charge in [-0.1, -0.05) is 49.7 Å². The molecule has 1 heterocycles. The van der Waals surface area contributed by atoms with Crippen molar-refractivity contribution in [3.05, 3.63) is 59.1 Å². The Hall–Kier alpha value is -2.53. The van der Waals surface area contributed by atoms with E-state index in [1.54, 1.807) is 11.0 Å². The Labute approximate surface area is 164 Å². The van der Waals surface area contributed by atoms with Crippen molar-refractivity contribution < 1.29 is 14.3 Å². The molecule has 2 aromatic rings. The Morgan fingerprint density at radius 2 is 2.07 bits per heavy atom. The van der Waals surface area contributed by atoms with Crippen molar-refractivity contribution in [2.45, 2.75) is 32.9 Å². The third kappa shape index (κ3) is 4.42. The monoisotopic (exact) mass is 386 g/mol. The zero-order valence-electron chi connectivity index (χ0n) is 15.4. The lowest BCUT2D eigenvalue weighted by Gasteiger charge is -2.25. The van der Waals surface area contributed by atoms with Gasteiger partial charge >= 0.3 is 0 Å². The van der Waals surface area contributed by atoms with E-state index in [0.29, 0.717) is 29.4 Å². The SMILES string of the molecule is CC[C@@H](C)C(=O)N[C@H]1COc2ccccc2N(Cc2cccc(Cl)c2)C1=O. The van der Waals surface area contributed by atoms with Gasteiger partial charge in [-0.15, -0.1) is 0 Å². The van der Waals surface area contributed by atoms with Crippen molar-refractivity contribution in [3.8, 4) is 5.75 Å². The van der Waals surface area contributed by atoms with Crippen molar-refractivity contribution in [1.82, 2.24) is 5.32 Å². The zero-order valence-corrected chi connectivity index (χ0v) is 16.2. The molecular weight excluding hydrogens is 364 g/mol. The molecule has 2 aromatic carbocycles. The number of hydrogen-bond donors (Lipinski definition) is 1. The minimum atomic E-state index is -0.738. The first-order valence-corrected chi connectivity index (χ1v) is 9.45. The molecule has 1 N–H and O–H groups in total. The highest BCUT2D eigenvalue weighted by Gasteiger charge is 2.33. The second kappa shape index (κ2) is 8.44. The van der Waals surface area contributed by atoms with E-state index in [0.717, 1.165) is 5.56 Å². The molecule has 0 bridgehead atoms. The summed E-state index contributed by atoms with van der Waals surface area (Å²) in [5.74, 6) is 0.114. The summed E-state index contributed by atoms with van der Waals surface area (Å²) >= 11 is 6.09. The van der Waals surface area contributed by atoms with Crippen LogP contribution in [0.25, 0.3) is 0 Å². The largest absolute Gasteiger partial charge is 0.489 e. The molecule has 0 aliphatic carbocycles. The number of benzene rings is 2. The Balaban J connectivity index is 1.91. The summed E-state index contributed by atoms with van der Waals surface area (Å²) in [7, 11) is 0. The number of nitrogens with one attached hydrogen (secondary N) is 1. The van der Waals surface area contributed by atoms with Crippen molar-refractivity contribution in [2.75, 3.05) is 11.5 Å². The Morgan fingerprint density at radius 1 is 1.30 bits per heavy atom. The lowest BCUT2D eigenvalue weighted by Crippen LogP contribution is -2.51. The average Bonchev–Trinajstić information content (AvgIpc) is 2.79. The van der Waals surface area contributed by atoms with Gasteiger partial charge in [0.2, 0.25) is 5.91 Å². The van der Waals surface area contributed by atoms with Crippen molar-refractivity contribution in [1.29, 1.82) is 0 Å². The molecule has 0 fully saturated rings. The summed E-state index contributed by atoms with van der Waals surface area (Å²) in [6, 6.07) is 14.0. The maximum atomic E-state index is 13.2. The number of ether oxygens (including phenoxy) is 1. The molecule has 142 valence electrons. The van der Waals surface area contributed by atoms with Gasteiger partial charge in [0.15, 0.2) is 0 Å². The molecule has 0 aromatic heterocycles. The van der Waals surface area contributed by atoms with Gasteiger partial charge in [0.25, 0.3) is 5.91 Å². The number of hydrogen-bond acceptors (Lipinski definition) is 3. The third-order valence-corrected chi connectivity index (χ3v) is 4.97. The van der Waals surface area contributed by atoms with Gasteiger partial charge in [0.1, 0.15) is 18.4 Å². The second-order valence-electron chi connectivity index (χ2n) is 6.70. The fourth-order valence-electron chi connectivity index (χ4n) is 2.94. The van der Waals surface area contributed by atoms with Gasteiger partial charge in [-0.3, -0.25) is 9.59 Å². The van der Waals surface area contributed by atoms with Gasteiger partial charge in [0, 0.05) is 10.9 Å². The van der Waals surface area contributed by atoms with Crippen LogP contribution in [-0.4, -0.2) is 24.5 Å². The van der Waals surface area contributed by atoms with E-state index in [-0.39, 0.29) is 24.3 Å². The molecule has 2 amide bonds. The predicted octanol–water partition coefficient (Wildman–Crippen LogP) is 3.80. The van der Waals surface area contributed by atoms with Gasteiger partial charge in [0.05, 0.1) is 12.2 Å². The molecule has 1 aliphatic heterocycles. The normalized spacial score (nSPS) is 17.5. The van der Waals surface area contributed by atoms with Crippen LogP contribution in [0.1, 0.15) is 25.8 Å². The van der Waals surface area contributed by atoms with E-state index < -0.39 is 6.04 Å². The summed E-state index contributed by atoms with van der Waals surface area (Å²) in [5.41, 5.74) is 1.59. The van der Waals surface area contributed by atoms with E-state index >= 15 is 0 Å². The van der Waals surface area contributed by atoms with E-state index in [4.69, 9.17) is 16.3 Å². The summed E-state index contributed by atoms with van der Waals surface area (Å²) in [4.78, 5) is 27.2. The minimum absolute atomic E-state index is 0.101. The van der Waals surface area contributed by atoms with Gasteiger partial charge in [-0.05, 0) is 36.2 Å². The Bertz CT molecular complexity index is 840. The van der Waals surface area contributed by atoms with Crippen LogP contribution in [0.3, 0.4) is 0 Å². The number of amides is 2. The maximum Gasteiger partial charge on any atom is 0.253 e. The number of para-hydroxylation sites is 2. The number of carbonyl (C=O) groups excluding carboxylic acids is 2. The fourth-order valence-corrected chi connectivity index (χ4v) is 3.15. The molecule has 5 nitrogen and oxygen atoms in total. The van der Waals surface area contributed by atoms with Crippen LogP contribution in [0.5, 0.6) is 5.75 Å². The van der Waals surface area contributed by atoms with Gasteiger partial charge in [-0.2, -0.15) is 0 Å². The molecule has 0 saturated heterocycles. The second-order valence-corrected chi connectivity index (χ2v) is 7.14. The fraction of sp³-hybridized carbons (Fsp3) is 0.333. The van der Waals surface area contributed by atoms with Crippen LogP contribution < -0.4 is 15.0 Å². The standard InChI is InChI=1S/C21H23ClN2O3/c1-3-14(2)20(25)23-17-13-27-19-10-5-4-9-18(19)24(21(17)26)12-15-7-6-8-16(22)11-15/h4-11,14,17H,3,12-13H2,1-2H3,(H,23,25)/t14-,17+/m1/s1. The number of halogens is 1. The van der Waals surface area contributed by atoms with Crippen LogP contribution >= 0.6 is 11.6 Å². The van der Waals surface area contributed by atoms with Crippen LogP contribution in [-0.2, 0) is 16.1 Å². The summed E-state index contributed by atoms with van der Waals surface area (Å²) in [5, 5.41) is 3.45. The molecular formula is C21H23ClN2O3. The quantitative estimate of drug-likeness (QED) is 0.850. The van der Waals surface area contributed by atoms with E-state index in [9.17, 15) is 9.59 Å². The van der Waals surface area contributed by atoms with E-state index in [2.05, 4.69) is 5.32 Å². The number of nitrogens with zero attached hydrogens (tertiary/aromatic N) is 1. The van der Waals surface area contributed by atoms with E-state index in [1.807, 2.05) is 56.3 Å². The summed E-state index contributed by atoms with van der Waals surface area (Å²) in [6.45, 7) is 4.23. The Morgan fingerprint density at radius 3 is 2.81 bits per heavy atom. The van der Waals surface area contributed by atoms with Crippen molar-refractivity contribution in [2.24, 2.45) is 5.92 Å². The van der Waals surface area contributed by atoms with Crippen LogP contribution in [0.4, 0.5) is 5.69 Å². The molecule has 0 saturated carbocycles. The van der Waals surface area contributed by atoms with Crippen molar-refractivity contribution in [3.63, 3.8) is 0 Å². The number of rotatable bonds is 5. The lowest BCUT2D eigenvalue weighted by molar-refractivity contribution is -0.130. The molecule has 0 unspecified atom stereocenters. The minimum Gasteiger partial charge on any atom is -0.489 e. The Kier molecular flexibility index (Phi) is 6.01. The average molecular weight is 387 g/mol. The van der Waals surface area contributed by atoms with Crippen LogP contribution in [0.2, 0.25) is 5.02 Å².